The Morgan fingerprint density at radius 3 is 2.60 bits per heavy atom. The zero-order valence-electron chi connectivity index (χ0n) is 12.3. The van der Waals surface area contributed by atoms with Gasteiger partial charge in [-0.1, -0.05) is 0 Å². The van der Waals surface area contributed by atoms with E-state index in [0.717, 1.165) is 10.7 Å². The minimum atomic E-state index is -3.52. The maximum atomic E-state index is 11.8. The van der Waals surface area contributed by atoms with Crippen LogP contribution in [0.5, 0.6) is 0 Å². The molecule has 1 N–H and O–H groups in total. The number of nitrogens with zero attached hydrogens (tertiary/aromatic N) is 1. The van der Waals surface area contributed by atoms with Gasteiger partial charge in [0.2, 0.25) is 5.09 Å². The first-order valence-corrected chi connectivity index (χ1v) is 9.45. The number of nitrogens with one attached hydrogen (secondary N) is 1. The maximum Gasteiger partial charge on any atom is 0.275 e. The van der Waals surface area contributed by atoms with Gasteiger partial charge in [-0.3, -0.25) is 4.21 Å². The van der Waals surface area contributed by atoms with Gasteiger partial charge in [0.15, 0.2) is 0 Å². The van der Waals surface area contributed by atoms with E-state index < -0.39 is 20.8 Å². The summed E-state index contributed by atoms with van der Waals surface area (Å²) in [5.74, 6) is 1.21. The van der Waals surface area contributed by atoms with Gasteiger partial charge < -0.3 is 9.73 Å². The highest BCUT2D eigenvalue weighted by molar-refractivity contribution is 7.89. The Bertz CT molecular complexity index is 552. The molecule has 8 heteroatoms. The lowest BCUT2D eigenvalue weighted by Gasteiger charge is -2.11. The molecule has 2 unspecified atom stereocenters. The summed E-state index contributed by atoms with van der Waals surface area (Å²) in [6, 6.07) is 3.30. The minimum Gasteiger partial charge on any atom is -0.447 e. The largest absolute Gasteiger partial charge is 0.447 e. The van der Waals surface area contributed by atoms with E-state index in [-0.39, 0.29) is 11.1 Å². The van der Waals surface area contributed by atoms with Crippen molar-refractivity contribution in [2.45, 2.75) is 31.0 Å². The average Bonchev–Trinajstić information content (AvgIpc) is 2.83. The van der Waals surface area contributed by atoms with Crippen LogP contribution in [0.1, 0.15) is 19.1 Å². The molecule has 0 saturated heterocycles. The van der Waals surface area contributed by atoms with Crippen molar-refractivity contribution in [3.05, 3.63) is 17.9 Å². The van der Waals surface area contributed by atoms with Crippen LogP contribution in [-0.4, -0.2) is 49.1 Å². The second-order valence-electron chi connectivity index (χ2n) is 4.86. The average molecular weight is 322 g/mol. The zero-order chi connectivity index (χ0) is 15.3. The van der Waals surface area contributed by atoms with Gasteiger partial charge in [0.05, 0.1) is 6.54 Å². The molecule has 0 bridgehead atoms. The fraction of sp³-hybridized carbons (Fsp3) is 0.667. The van der Waals surface area contributed by atoms with Gasteiger partial charge in [0.25, 0.3) is 10.0 Å². The van der Waals surface area contributed by atoms with Crippen molar-refractivity contribution in [2.75, 3.05) is 26.1 Å². The van der Waals surface area contributed by atoms with Gasteiger partial charge in [-0.25, -0.2) is 12.7 Å². The molecule has 1 aromatic heterocycles. The molecule has 0 aliphatic heterocycles. The van der Waals surface area contributed by atoms with E-state index in [9.17, 15) is 12.6 Å². The van der Waals surface area contributed by atoms with E-state index in [2.05, 4.69) is 5.32 Å². The van der Waals surface area contributed by atoms with Crippen molar-refractivity contribution in [2.24, 2.45) is 0 Å². The van der Waals surface area contributed by atoms with Crippen LogP contribution in [0.3, 0.4) is 0 Å². The molecule has 1 heterocycles. The molecule has 1 aromatic rings. The summed E-state index contributed by atoms with van der Waals surface area (Å²) in [6.07, 6.45) is 2.48. The van der Waals surface area contributed by atoms with Crippen molar-refractivity contribution < 1.29 is 17.0 Å². The highest BCUT2D eigenvalue weighted by Gasteiger charge is 2.21. The second-order valence-corrected chi connectivity index (χ2v) is 8.49. The van der Waals surface area contributed by atoms with Gasteiger partial charge in [0, 0.05) is 42.9 Å². The monoisotopic (exact) mass is 322 g/mol. The molecule has 0 aromatic carbocycles. The Morgan fingerprint density at radius 2 is 2.05 bits per heavy atom. The van der Waals surface area contributed by atoms with Crippen molar-refractivity contribution in [3.63, 3.8) is 0 Å². The zero-order valence-corrected chi connectivity index (χ0v) is 13.9. The molecule has 116 valence electrons. The highest BCUT2D eigenvalue weighted by atomic mass is 32.2. The van der Waals surface area contributed by atoms with Gasteiger partial charge in [0.1, 0.15) is 5.76 Å². The lowest BCUT2D eigenvalue weighted by molar-refractivity contribution is 0.380. The molecule has 2 atom stereocenters. The predicted molar refractivity (Wildman–Crippen MR) is 79.4 cm³/mol. The van der Waals surface area contributed by atoms with Gasteiger partial charge in [-0.05, 0) is 25.5 Å². The van der Waals surface area contributed by atoms with Gasteiger partial charge >= 0.3 is 0 Å². The third-order valence-corrected chi connectivity index (χ3v) is 5.33. The van der Waals surface area contributed by atoms with Crippen LogP contribution in [0.25, 0.3) is 0 Å². The summed E-state index contributed by atoms with van der Waals surface area (Å²) in [6.45, 7) is 2.44. The van der Waals surface area contributed by atoms with E-state index >= 15 is 0 Å². The number of hydrogen-bond acceptors (Lipinski definition) is 5. The van der Waals surface area contributed by atoms with Crippen molar-refractivity contribution in [1.82, 2.24) is 9.62 Å². The van der Waals surface area contributed by atoms with E-state index in [0.29, 0.717) is 18.1 Å². The summed E-state index contributed by atoms with van der Waals surface area (Å²) in [4.78, 5) is 0. The van der Waals surface area contributed by atoms with Crippen LogP contribution in [0.15, 0.2) is 21.6 Å². The van der Waals surface area contributed by atoms with Crippen LogP contribution < -0.4 is 5.32 Å². The standard InChI is InChI=1S/C12H22N2O4S2/c1-10(7-8-19(4)15)13-9-11-5-6-12(18-11)20(16,17)14(2)3/h5-6,10,13H,7-9H2,1-4H3. The van der Waals surface area contributed by atoms with E-state index in [1.807, 2.05) is 6.92 Å². The van der Waals surface area contributed by atoms with Crippen LogP contribution in [0, 0.1) is 0 Å². The Balaban J connectivity index is 2.55. The highest BCUT2D eigenvalue weighted by Crippen LogP contribution is 2.16. The summed E-state index contributed by atoms with van der Waals surface area (Å²) in [5, 5.41) is 3.16. The number of furan rings is 1. The maximum absolute atomic E-state index is 11.8. The quantitative estimate of drug-likeness (QED) is 0.765. The van der Waals surface area contributed by atoms with Crippen LogP contribution in [0.2, 0.25) is 0 Å². The summed E-state index contributed by atoms with van der Waals surface area (Å²) >= 11 is 0. The summed E-state index contributed by atoms with van der Waals surface area (Å²) in [7, 11) is -1.39. The normalized spacial score (nSPS) is 15.4. The van der Waals surface area contributed by atoms with Gasteiger partial charge in [-0.2, -0.15) is 0 Å². The van der Waals surface area contributed by atoms with Crippen LogP contribution in [0.4, 0.5) is 0 Å². The molecule has 0 radical (unpaired) electrons. The van der Waals surface area contributed by atoms with Gasteiger partial charge in [-0.15, -0.1) is 0 Å². The topological polar surface area (TPSA) is 79.6 Å². The molecular formula is C12H22N2O4S2. The predicted octanol–water partition coefficient (Wildman–Crippen LogP) is 0.777. The van der Waals surface area contributed by atoms with E-state index in [4.69, 9.17) is 4.42 Å². The lowest BCUT2D eigenvalue weighted by atomic mass is 10.2. The Hall–Kier alpha value is -0.700. The number of rotatable bonds is 8. The molecule has 1 rings (SSSR count). The Morgan fingerprint density at radius 1 is 1.40 bits per heavy atom. The molecule has 0 aliphatic carbocycles. The Kier molecular flexibility index (Phi) is 6.38. The van der Waals surface area contributed by atoms with E-state index in [1.165, 1.54) is 20.2 Å². The number of sulfonamides is 1. The first kappa shape index (κ1) is 17.4. The van der Waals surface area contributed by atoms with Crippen LogP contribution >= 0.6 is 0 Å². The fourth-order valence-electron chi connectivity index (χ4n) is 1.49. The Labute approximate surface area is 123 Å². The first-order chi connectivity index (χ1) is 9.23. The van der Waals surface area contributed by atoms with Crippen LogP contribution in [-0.2, 0) is 27.4 Å². The second kappa shape index (κ2) is 7.35. The fourth-order valence-corrected chi connectivity index (χ4v) is 2.99. The molecule has 0 saturated carbocycles. The smallest absolute Gasteiger partial charge is 0.275 e. The molecule has 0 spiro atoms. The molecule has 0 fully saturated rings. The van der Waals surface area contributed by atoms with Crippen molar-refractivity contribution in [1.29, 1.82) is 0 Å². The lowest BCUT2D eigenvalue weighted by Crippen LogP contribution is -2.26. The van der Waals surface area contributed by atoms with E-state index in [1.54, 1.807) is 12.3 Å². The number of hydrogen-bond donors (Lipinski definition) is 1. The molecule has 0 amide bonds. The summed E-state index contributed by atoms with van der Waals surface area (Å²) in [5.41, 5.74) is 0. The third kappa shape index (κ3) is 5.01. The van der Waals surface area contributed by atoms with Crippen molar-refractivity contribution in [3.8, 4) is 0 Å². The SMILES string of the molecule is CC(CCS(C)=O)NCc1ccc(S(=O)(=O)N(C)C)o1. The molecule has 20 heavy (non-hydrogen) atoms. The third-order valence-electron chi connectivity index (χ3n) is 2.84. The summed E-state index contributed by atoms with van der Waals surface area (Å²) < 4.78 is 41.1. The van der Waals surface area contributed by atoms with Crippen molar-refractivity contribution >= 4 is 20.8 Å². The molecule has 0 aliphatic rings. The first-order valence-electron chi connectivity index (χ1n) is 6.28. The molecular weight excluding hydrogens is 300 g/mol. The molecule has 6 nitrogen and oxygen atoms in total. The minimum absolute atomic E-state index is 0.0541.